The monoisotopic (exact) mass is 883 g/mol. The molecule has 4 fully saturated rings. The first-order valence-corrected chi connectivity index (χ1v) is 22.9. The number of nitriles is 1. The van der Waals surface area contributed by atoms with Gasteiger partial charge in [-0.25, -0.2) is 9.97 Å². The lowest BCUT2D eigenvalue weighted by Gasteiger charge is -2.43. The lowest BCUT2D eigenvalue weighted by atomic mass is 9.78. The van der Waals surface area contributed by atoms with Crippen molar-refractivity contribution < 1.29 is 23.9 Å². The topological polar surface area (TPSA) is 155 Å². The molecule has 0 spiro atoms. The van der Waals surface area contributed by atoms with Crippen molar-refractivity contribution in [2.24, 2.45) is 5.92 Å². The Bertz CT molecular complexity index is 2470. The number of hydrogen-bond acceptors (Lipinski definition) is 12. The van der Waals surface area contributed by atoms with Gasteiger partial charge in [0.2, 0.25) is 17.8 Å². The largest absolute Gasteiger partial charge is 0.487 e. The van der Waals surface area contributed by atoms with Crippen molar-refractivity contribution in [3.8, 4) is 11.8 Å². The summed E-state index contributed by atoms with van der Waals surface area (Å²) in [4.78, 5) is 71.0. The highest BCUT2D eigenvalue weighted by atomic mass is 35.5. The summed E-state index contributed by atoms with van der Waals surface area (Å²) in [5.41, 5.74) is 4.64. The molecule has 0 aliphatic carbocycles. The Morgan fingerprint density at radius 2 is 1.53 bits per heavy atom. The number of amides is 4. The minimum absolute atomic E-state index is 0.100. The number of anilines is 2. The third-order valence-electron chi connectivity index (χ3n) is 14.0. The molecule has 4 saturated heterocycles. The number of carbonyl (C=O) groups is 4. The number of rotatable bonds is 11. The molecule has 0 radical (unpaired) electrons. The van der Waals surface area contributed by atoms with Gasteiger partial charge in [-0.2, -0.15) is 5.26 Å². The molecule has 15 heteroatoms. The molecule has 0 bridgehead atoms. The lowest BCUT2D eigenvalue weighted by Crippen LogP contribution is -2.54. The molecule has 3 aromatic carbocycles. The summed E-state index contributed by atoms with van der Waals surface area (Å²) in [6.45, 7) is 13.3. The van der Waals surface area contributed by atoms with Crippen LogP contribution in [0.5, 0.6) is 5.75 Å². The van der Waals surface area contributed by atoms with E-state index in [-0.39, 0.29) is 24.2 Å². The SMILES string of the molecule is CC(C)(c1ccc(OCc2ccnc(N3CCC(N4CCC(CN5CCN(c6ccc7c(c6)C(=O)N(C6CCC(=O)NC6=O)C7=O)CC5)CC4)CC3)n2)cc1)c1cc(Cl)cc(C#N)c1. The van der Waals surface area contributed by atoms with E-state index < -0.39 is 23.8 Å². The molecule has 6 heterocycles. The third-order valence-corrected chi connectivity index (χ3v) is 14.2. The number of piperazine rings is 1. The highest BCUT2D eigenvalue weighted by Crippen LogP contribution is 2.35. The number of nitrogens with zero attached hydrogens (tertiary/aromatic N) is 8. The van der Waals surface area contributed by atoms with E-state index in [9.17, 15) is 24.4 Å². The normalized spacial score (nSPS) is 20.7. The van der Waals surface area contributed by atoms with Crippen LogP contribution < -0.4 is 19.9 Å². The van der Waals surface area contributed by atoms with E-state index in [2.05, 4.69) is 61.9 Å². The summed E-state index contributed by atoms with van der Waals surface area (Å²) in [5.74, 6) is 0.249. The number of hydrogen-bond donors (Lipinski definition) is 1. The number of halogens is 1. The summed E-state index contributed by atoms with van der Waals surface area (Å²) in [5, 5.41) is 12.2. The van der Waals surface area contributed by atoms with Crippen molar-refractivity contribution in [3.63, 3.8) is 0 Å². The van der Waals surface area contributed by atoms with Gasteiger partial charge in [0.05, 0.1) is 28.5 Å². The lowest BCUT2D eigenvalue weighted by molar-refractivity contribution is -0.136. The van der Waals surface area contributed by atoms with Crippen LogP contribution in [0, 0.1) is 17.2 Å². The molecular formula is C49H54ClN9O5. The van der Waals surface area contributed by atoms with Crippen LogP contribution in [-0.4, -0.2) is 119 Å². The van der Waals surface area contributed by atoms with Gasteiger partial charge in [-0.05, 0) is 117 Å². The average molecular weight is 884 g/mol. The fraction of sp³-hybridized carbons (Fsp3) is 0.449. The molecule has 4 aromatic rings. The molecule has 332 valence electrons. The Labute approximate surface area is 379 Å². The zero-order chi connectivity index (χ0) is 44.5. The molecule has 0 saturated carbocycles. The van der Waals surface area contributed by atoms with Crippen molar-refractivity contribution in [3.05, 3.63) is 111 Å². The second-order valence-electron chi connectivity index (χ2n) is 18.3. The van der Waals surface area contributed by atoms with Gasteiger partial charge in [-0.15, -0.1) is 0 Å². The van der Waals surface area contributed by atoms with Crippen LogP contribution in [0.3, 0.4) is 0 Å². The maximum absolute atomic E-state index is 13.4. The number of nitrogens with one attached hydrogen (secondary N) is 1. The van der Waals surface area contributed by atoms with Crippen molar-refractivity contribution in [1.29, 1.82) is 5.26 Å². The predicted molar refractivity (Wildman–Crippen MR) is 242 cm³/mol. The minimum Gasteiger partial charge on any atom is -0.487 e. The molecule has 14 nitrogen and oxygen atoms in total. The zero-order valence-corrected chi connectivity index (χ0v) is 37.2. The van der Waals surface area contributed by atoms with E-state index in [4.69, 9.17) is 21.3 Å². The number of ether oxygens (including phenoxy) is 1. The van der Waals surface area contributed by atoms with Crippen molar-refractivity contribution in [1.82, 2.24) is 30.0 Å². The first-order valence-electron chi connectivity index (χ1n) is 22.5. The number of aromatic nitrogens is 2. The maximum Gasteiger partial charge on any atom is 0.262 e. The van der Waals surface area contributed by atoms with Crippen LogP contribution in [0.4, 0.5) is 11.6 Å². The smallest absolute Gasteiger partial charge is 0.262 e. The van der Waals surface area contributed by atoms with E-state index in [0.717, 1.165) is 111 Å². The van der Waals surface area contributed by atoms with Crippen LogP contribution in [0.2, 0.25) is 5.02 Å². The maximum atomic E-state index is 13.4. The van der Waals surface area contributed by atoms with Crippen molar-refractivity contribution in [2.75, 3.05) is 68.7 Å². The van der Waals surface area contributed by atoms with Crippen LogP contribution in [-0.2, 0) is 21.6 Å². The van der Waals surface area contributed by atoms with Gasteiger partial charge in [0, 0.05) is 80.6 Å². The summed E-state index contributed by atoms with van der Waals surface area (Å²) < 4.78 is 6.16. The number of piperidine rings is 3. The van der Waals surface area contributed by atoms with E-state index in [0.29, 0.717) is 40.3 Å². The van der Waals surface area contributed by atoms with Crippen LogP contribution in [0.25, 0.3) is 0 Å². The first kappa shape index (κ1) is 43.4. The molecule has 5 aliphatic rings. The highest BCUT2D eigenvalue weighted by molar-refractivity contribution is 6.30. The van der Waals surface area contributed by atoms with Gasteiger partial charge < -0.3 is 19.4 Å². The quantitative estimate of drug-likeness (QED) is 0.181. The van der Waals surface area contributed by atoms with Gasteiger partial charge in [0.15, 0.2) is 0 Å². The molecule has 4 amide bonds. The number of imide groups is 2. The molecule has 5 aliphatic heterocycles. The van der Waals surface area contributed by atoms with Gasteiger partial charge in [0.25, 0.3) is 11.8 Å². The molecule has 64 heavy (non-hydrogen) atoms. The molecular weight excluding hydrogens is 830 g/mol. The number of fused-ring (bicyclic) bond motifs is 1. The predicted octanol–water partition coefficient (Wildman–Crippen LogP) is 5.81. The van der Waals surface area contributed by atoms with Gasteiger partial charge >= 0.3 is 0 Å². The molecule has 1 unspecified atom stereocenters. The van der Waals surface area contributed by atoms with Gasteiger partial charge in [-0.1, -0.05) is 37.6 Å². The third kappa shape index (κ3) is 9.07. The molecule has 1 aromatic heterocycles. The van der Waals surface area contributed by atoms with E-state index >= 15 is 0 Å². The number of likely N-dealkylation sites (tertiary alicyclic amines) is 1. The van der Waals surface area contributed by atoms with Crippen LogP contribution in [0.15, 0.2) is 72.9 Å². The van der Waals surface area contributed by atoms with Crippen LogP contribution in [0.1, 0.15) is 95.5 Å². The first-order chi connectivity index (χ1) is 30.9. The number of benzene rings is 3. The highest BCUT2D eigenvalue weighted by Gasteiger charge is 2.45. The Morgan fingerprint density at radius 1 is 0.797 bits per heavy atom. The minimum atomic E-state index is -0.963. The number of carbonyl (C=O) groups excluding carboxylic acids is 4. The average Bonchev–Trinajstić information content (AvgIpc) is 3.56. The standard InChI is InChI=1S/C49H54ClN9O5/c1-49(2,35-25-33(29-51)26-36(50)27-35)34-3-6-40(7-4-34)64-31-37-11-16-52-48(53-37)58-19-14-38(15-20-58)56-17-12-32(13-18-56)30-55-21-23-57(24-22-55)39-5-8-41-42(28-39)47(63)59(46(41)62)43-9-10-44(60)54-45(43)61/h3-8,11,16,25-28,32,38,43H,9-10,12-15,17-24,30-31H2,1-2H3,(H,54,60,61). The van der Waals surface area contributed by atoms with Crippen LogP contribution >= 0.6 is 11.6 Å². The van der Waals surface area contributed by atoms with Crippen molar-refractivity contribution >= 4 is 46.9 Å². The summed E-state index contributed by atoms with van der Waals surface area (Å²) in [6.07, 6.45) is 6.63. The molecule has 1 atom stereocenters. The Kier molecular flexibility index (Phi) is 12.4. The molecule has 9 rings (SSSR count). The Morgan fingerprint density at radius 3 is 2.25 bits per heavy atom. The fourth-order valence-electron chi connectivity index (χ4n) is 10.1. The Balaban J connectivity index is 0.698. The summed E-state index contributed by atoms with van der Waals surface area (Å²) in [7, 11) is 0. The fourth-order valence-corrected chi connectivity index (χ4v) is 10.3. The van der Waals surface area contributed by atoms with E-state index in [1.165, 1.54) is 12.8 Å². The van der Waals surface area contributed by atoms with Gasteiger partial charge in [0.1, 0.15) is 18.4 Å². The Hall–Kier alpha value is -5.88. The summed E-state index contributed by atoms with van der Waals surface area (Å²) >= 11 is 6.31. The molecule has 1 N–H and O–H groups in total. The van der Waals surface area contributed by atoms with Gasteiger partial charge in [-0.3, -0.25) is 34.3 Å². The summed E-state index contributed by atoms with van der Waals surface area (Å²) in [6, 6.07) is 22.6. The zero-order valence-electron chi connectivity index (χ0n) is 36.5. The van der Waals surface area contributed by atoms with E-state index in [1.807, 2.05) is 42.6 Å². The van der Waals surface area contributed by atoms with E-state index in [1.54, 1.807) is 18.2 Å². The second-order valence-corrected chi connectivity index (χ2v) is 18.7. The second kappa shape index (κ2) is 18.3. The van der Waals surface area contributed by atoms with Crippen molar-refractivity contribution in [2.45, 2.75) is 76.5 Å².